The molecule has 14 heavy (non-hydrogen) atoms. The van der Waals surface area contributed by atoms with Gasteiger partial charge in [-0.2, -0.15) is 0 Å². The van der Waals surface area contributed by atoms with E-state index in [1.165, 1.54) is 31.2 Å². The molecule has 0 bridgehead atoms. The Morgan fingerprint density at radius 1 is 1.29 bits per heavy atom. The maximum absolute atomic E-state index is 3.69. The molecule has 1 atom stereocenters. The first-order valence-electron chi connectivity index (χ1n) is 5.68. The van der Waals surface area contributed by atoms with Crippen molar-refractivity contribution < 1.29 is 0 Å². The zero-order valence-corrected chi connectivity index (χ0v) is 8.87. The average Bonchev–Trinajstić information content (AvgIpc) is 3.02. The molecule has 0 spiro atoms. The summed E-state index contributed by atoms with van der Waals surface area (Å²) in [5, 5.41) is 3.69. The fourth-order valence-electron chi connectivity index (χ4n) is 1.80. The summed E-state index contributed by atoms with van der Waals surface area (Å²) < 4.78 is 0. The Hall–Kier alpha value is -0.820. The number of benzene rings is 1. The summed E-state index contributed by atoms with van der Waals surface area (Å²) in [6, 6.07) is 12.3. The highest BCUT2D eigenvalue weighted by Crippen LogP contribution is 2.20. The largest absolute Gasteiger partial charge is 0.311 e. The van der Waals surface area contributed by atoms with Crippen LogP contribution in [0.1, 0.15) is 31.7 Å². The lowest BCUT2D eigenvalue weighted by Gasteiger charge is -2.16. The molecule has 0 amide bonds. The Morgan fingerprint density at radius 2 is 2.00 bits per heavy atom. The zero-order valence-electron chi connectivity index (χ0n) is 8.87. The van der Waals surface area contributed by atoms with Crippen LogP contribution in [-0.4, -0.2) is 12.1 Å². The molecule has 0 saturated heterocycles. The number of hydrogen-bond acceptors (Lipinski definition) is 1. The molecule has 1 fully saturated rings. The SMILES string of the molecule is CCC(Cc1ccccc1)NC1CC1. The molecule has 0 heterocycles. The van der Waals surface area contributed by atoms with Crippen LogP contribution in [0.3, 0.4) is 0 Å². The van der Waals surface area contributed by atoms with E-state index < -0.39 is 0 Å². The van der Waals surface area contributed by atoms with Crippen molar-refractivity contribution in [2.24, 2.45) is 0 Å². The molecule has 0 radical (unpaired) electrons. The van der Waals surface area contributed by atoms with Crippen LogP contribution in [0, 0.1) is 0 Å². The van der Waals surface area contributed by atoms with Gasteiger partial charge in [-0.05, 0) is 31.2 Å². The lowest BCUT2D eigenvalue weighted by Crippen LogP contribution is -2.32. The molecule has 0 aliphatic heterocycles. The Labute approximate surface area is 86.5 Å². The summed E-state index contributed by atoms with van der Waals surface area (Å²) in [7, 11) is 0. The zero-order chi connectivity index (χ0) is 9.80. The van der Waals surface area contributed by atoms with Gasteiger partial charge in [-0.15, -0.1) is 0 Å². The highest BCUT2D eigenvalue weighted by Gasteiger charge is 2.23. The fraction of sp³-hybridized carbons (Fsp3) is 0.538. The third-order valence-electron chi connectivity index (χ3n) is 2.87. The van der Waals surface area contributed by atoms with Crippen molar-refractivity contribution in [1.29, 1.82) is 0 Å². The quantitative estimate of drug-likeness (QED) is 0.751. The van der Waals surface area contributed by atoms with Crippen LogP contribution in [-0.2, 0) is 6.42 Å². The van der Waals surface area contributed by atoms with Crippen molar-refractivity contribution in [1.82, 2.24) is 5.32 Å². The first kappa shape index (κ1) is 9.72. The maximum Gasteiger partial charge on any atom is 0.0107 e. The van der Waals surface area contributed by atoms with Crippen molar-refractivity contribution in [2.45, 2.75) is 44.7 Å². The third-order valence-corrected chi connectivity index (χ3v) is 2.87. The minimum absolute atomic E-state index is 0.671. The van der Waals surface area contributed by atoms with Gasteiger partial charge in [-0.3, -0.25) is 0 Å². The second-order valence-corrected chi connectivity index (χ2v) is 4.24. The van der Waals surface area contributed by atoms with Gasteiger partial charge >= 0.3 is 0 Å². The predicted octanol–water partition coefficient (Wildman–Crippen LogP) is 2.76. The van der Waals surface area contributed by atoms with Crippen LogP contribution in [0.15, 0.2) is 30.3 Å². The van der Waals surface area contributed by atoms with Crippen LogP contribution in [0.2, 0.25) is 0 Å². The number of rotatable bonds is 5. The first-order chi connectivity index (χ1) is 6.88. The van der Waals surface area contributed by atoms with Crippen LogP contribution in [0.25, 0.3) is 0 Å². The van der Waals surface area contributed by atoms with Crippen LogP contribution in [0.5, 0.6) is 0 Å². The molecular weight excluding hydrogens is 170 g/mol. The number of hydrogen-bond donors (Lipinski definition) is 1. The van der Waals surface area contributed by atoms with Crippen molar-refractivity contribution in [3.8, 4) is 0 Å². The normalized spacial score (nSPS) is 18.1. The summed E-state index contributed by atoms with van der Waals surface area (Å²) in [5.41, 5.74) is 1.45. The van der Waals surface area contributed by atoms with Crippen molar-refractivity contribution in [3.05, 3.63) is 35.9 Å². The summed E-state index contributed by atoms with van der Waals surface area (Å²) in [6.07, 6.45) is 5.16. The lowest BCUT2D eigenvalue weighted by molar-refractivity contribution is 0.492. The van der Waals surface area contributed by atoms with Crippen molar-refractivity contribution >= 4 is 0 Å². The third kappa shape index (κ3) is 2.85. The standard InChI is InChI=1S/C13H19N/c1-2-12(14-13-8-9-13)10-11-6-4-3-5-7-11/h3-7,12-14H,2,8-10H2,1H3. The van der Waals surface area contributed by atoms with Gasteiger partial charge in [0.1, 0.15) is 0 Å². The monoisotopic (exact) mass is 189 g/mol. The highest BCUT2D eigenvalue weighted by atomic mass is 15.0. The summed E-state index contributed by atoms with van der Waals surface area (Å²) >= 11 is 0. The molecule has 1 N–H and O–H groups in total. The van der Waals surface area contributed by atoms with Crippen LogP contribution in [0.4, 0.5) is 0 Å². The smallest absolute Gasteiger partial charge is 0.0107 e. The molecule has 1 aromatic carbocycles. The molecule has 0 aromatic heterocycles. The molecule has 1 aliphatic rings. The van der Waals surface area contributed by atoms with E-state index in [-0.39, 0.29) is 0 Å². The molecule has 1 unspecified atom stereocenters. The highest BCUT2D eigenvalue weighted by molar-refractivity contribution is 5.16. The van der Waals surface area contributed by atoms with E-state index in [9.17, 15) is 0 Å². The van der Waals surface area contributed by atoms with Gasteiger partial charge in [0, 0.05) is 12.1 Å². The Morgan fingerprint density at radius 3 is 2.57 bits per heavy atom. The molecular formula is C13H19N. The van der Waals surface area contributed by atoms with Crippen molar-refractivity contribution in [3.63, 3.8) is 0 Å². The van der Waals surface area contributed by atoms with E-state index in [4.69, 9.17) is 0 Å². The second-order valence-electron chi connectivity index (χ2n) is 4.24. The van der Waals surface area contributed by atoms with Gasteiger partial charge in [0.15, 0.2) is 0 Å². The Bertz CT molecular complexity index is 264. The van der Waals surface area contributed by atoms with E-state index in [1.807, 2.05) is 0 Å². The molecule has 2 rings (SSSR count). The average molecular weight is 189 g/mol. The fourth-order valence-corrected chi connectivity index (χ4v) is 1.80. The summed E-state index contributed by atoms with van der Waals surface area (Å²) in [4.78, 5) is 0. The molecule has 1 aromatic rings. The first-order valence-corrected chi connectivity index (χ1v) is 5.68. The molecule has 1 nitrogen and oxygen atoms in total. The maximum atomic E-state index is 3.69. The van der Waals surface area contributed by atoms with E-state index >= 15 is 0 Å². The second kappa shape index (κ2) is 4.61. The van der Waals surface area contributed by atoms with Crippen molar-refractivity contribution in [2.75, 3.05) is 0 Å². The van der Waals surface area contributed by atoms with Gasteiger partial charge < -0.3 is 5.32 Å². The molecule has 76 valence electrons. The molecule has 1 heteroatoms. The van der Waals surface area contributed by atoms with Crippen LogP contribution < -0.4 is 5.32 Å². The van der Waals surface area contributed by atoms with Crippen LogP contribution >= 0.6 is 0 Å². The van der Waals surface area contributed by atoms with E-state index in [0.717, 1.165) is 6.04 Å². The summed E-state index contributed by atoms with van der Waals surface area (Å²) in [6.45, 7) is 2.27. The minimum Gasteiger partial charge on any atom is -0.311 e. The number of nitrogens with one attached hydrogen (secondary N) is 1. The summed E-state index contributed by atoms with van der Waals surface area (Å²) in [5.74, 6) is 0. The van der Waals surface area contributed by atoms with E-state index in [0.29, 0.717) is 6.04 Å². The van der Waals surface area contributed by atoms with Gasteiger partial charge in [-0.25, -0.2) is 0 Å². The lowest BCUT2D eigenvalue weighted by atomic mass is 10.0. The van der Waals surface area contributed by atoms with E-state index in [1.54, 1.807) is 0 Å². The van der Waals surface area contributed by atoms with E-state index in [2.05, 4.69) is 42.6 Å². The van der Waals surface area contributed by atoms with Gasteiger partial charge in [0.05, 0.1) is 0 Å². The molecule has 1 saturated carbocycles. The predicted molar refractivity (Wildman–Crippen MR) is 60.4 cm³/mol. The Kier molecular flexibility index (Phi) is 3.20. The minimum atomic E-state index is 0.671. The van der Waals surface area contributed by atoms with Gasteiger partial charge in [0.2, 0.25) is 0 Å². The molecule has 1 aliphatic carbocycles. The Balaban J connectivity index is 1.87. The topological polar surface area (TPSA) is 12.0 Å². The van der Waals surface area contributed by atoms with Gasteiger partial charge in [-0.1, -0.05) is 37.3 Å². The van der Waals surface area contributed by atoms with Gasteiger partial charge in [0.25, 0.3) is 0 Å².